The first-order valence-electron chi connectivity index (χ1n) is 7.79. The van der Waals surface area contributed by atoms with Gasteiger partial charge in [-0.25, -0.2) is 0 Å². The number of carbonyl (C=O) groups is 1. The molecule has 1 atom stereocenters. The van der Waals surface area contributed by atoms with Crippen LogP contribution in [0.1, 0.15) is 12.8 Å². The molecule has 3 aliphatic heterocycles. The molecule has 0 N–H and O–H groups in total. The summed E-state index contributed by atoms with van der Waals surface area (Å²) in [4.78, 5) is 18.4. The normalized spacial score (nSPS) is 29.8. The van der Waals surface area contributed by atoms with Crippen molar-refractivity contribution >= 4 is 5.91 Å². The van der Waals surface area contributed by atoms with Crippen LogP contribution in [-0.2, 0) is 9.53 Å². The molecule has 0 saturated carbocycles. The fourth-order valence-electron chi connectivity index (χ4n) is 3.88. The Kier molecular flexibility index (Phi) is 4.02. The average molecular weight is 281 g/mol. The average Bonchev–Trinajstić information content (AvgIpc) is 2.98. The van der Waals surface area contributed by atoms with Gasteiger partial charge in [-0.2, -0.15) is 0 Å². The molecule has 0 aromatic carbocycles. The van der Waals surface area contributed by atoms with Gasteiger partial charge in [0.05, 0.1) is 13.2 Å². The van der Waals surface area contributed by atoms with E-state index in [0.29, 0.717) is 12.0 Å². The first-order valence-corrected chi connectivity index (χ1v) is 7.79. The van der Waals surface area contributed by atoms with Gasteiger partial charge in [-0.05, 0) is 25.3 Å². The first kappa shape index (κ1) is 14.3. The largest absolute Gasteiger partial charge is 0.381 e. The van der Waals surface area contributed by atoms with Crippen LogP contribution in [0, 0.1) is 11.3 Å². The minimum absolute atomic E-state index is 0.223. The van der Waals surface area contributed by atoms with E-state index in [9.17, 15) is 4.79 Å². The molecule has 3 heterocycles. The molecule has 3 rings (SSSR count). The summed E-state index contributed by atoms with van der Waals surface area (Å²) in [6.07, 6.45) is 2.48. The van der Waals surface area contributed by atoms with Crippen LogP contribution in [-0.4, -0.2) is 87.2 Å². The number of hydrogen-bond acceptors (Lipinski definition) is 4. The van der Waals surface area contributed by atoms with Gasteiger partial charge in [0.15, 0.2) is 0 Å². The highest BCUT2D eigenvalue weighted by atomic mass is 16.5. The van der Waals surface area contributed by atoms with Crippen molar-refractivity contribution in [2.75, 3.05) is 66.6 Å². The van der Waals surface area contributed by atoms with Gasteiger partial charge >= 0.3 is 0 Å². The van der Waals surface area contributed by atoms with Gasteiger partial charge in [0.1, 0.15) is 0 Å². The summed E-state index contributed by atoms with van der Waals surface area (Å²) >= 11 is 0. The summed E-state index contributed by atoms with van der Waals surface area (Å²) in [6.45, 7) is 8.32. The maximum absolute atomic E-state index is 11.8. The van der Waals surface area contributed by atoms with Crippen molar-refractivity contribution < 1.29 is 9.53 Å². The molecule has 5 heteroatoms. The van der Waals surface area contributed by atoms with E-state index in [2.05, 4.69) is 9.80 Å². The van der Waals surface area contributed by atoms with Crippen LogP contribution in [0.25, 0.3) is 0 Å². The molecular weight excluding hydrogens is 254 g/mol. The second kappa shape index (κ2) is 5.62. The van der Waals surface area contributed by atoms with E-state index < -0.39 is 0 Å². The van der Waals surface area contributed by atoms with Crippen LogP contribution in [0.3, 0.4) is 0 Å². The third-order valence-corrected chi connectivity index (χ3v) is 5.03. The van der Waals surface area contributed by atoms with Crippen molar-refractivity contribution in [1.82, 2.24) is 14.7 Å². The zero-order valence-electron chi connectivity index (χ0n) is 12.8. The Labute approximate surface area is 121 Å². The van der Waals surface area contributed by atoms with Crippen LogP contribution in [0.15, 0.2) is 0 Å². The van der Waals surface area contributed by atoms with E-state index in [1.54, 1.807) is 4.90 Å². The lowest BCUT2D eigenvalue weighted by atomic mass is 9.78. The van der Waals surface area contributed by atoms with E-state index in [0.717, 1.165) is 32.2 Å². The first-order chi connectivity index (χ1) is 9.56. The van der Waals surface area contributed by atoms with Crippen LogP contribution in [0.4, 0.5) is 0 Å². The van der Waals surface area contributed by atoms with Crippen molar-refractivity contribution in [2.24, 2.45) is 11.3 Å². The second-order valence-electron chi connectivity index (χ2n) is 7.15. The zero-order valence-corrected chi connectivity index (χ0v) is 12.8. The minimum Gasteiger partial charge on any atom is -0.381 e. The number of likely N-dealkylation sites (N-methyl/N-ethyl adjacent to an activating group) is 1. The number of amides is 1. The van der Waals surface area contributed by atoms with E-state index in [4.69, 9.17) is 4.74 Å². The van der Waals surface area contributed by atoms with Crippen molar-refractivity contribution in [3.05, 3.63) is 0 Å². The van der Waals surface area contributed by atoms with Crippen LogP contribution >= 0.6 is 0 Å². The molecule has 0 aromatic heterocycles. The second-order valence-corrected chi connectivity index (χ2v) is 7.15. The van der Waals surface area contributed by atoms with E-state index in [1.165, 1.54) is 32.5 Å². The summed E-state index contributed by atoms with van der Waals surface area (Å²) in [7, 11) is 3.67. The number of likely N-dealkylation sites (tertiary alicyclic amines) is 2. The minimum atomic E-state index is 0.223. The lowest BCUT2D eigenvalue weighted by molar-refractivity contribution is -0.129. The summed E-state index contributed by atoms with van der Waals surface area (Å²) in [5.41, 5.74) is 0.478. The number of ether oxygens (including phenoxy) is 1. The van der Waals surface area contributed by atoms with Crippen LogP contribution in [0.5, 0.6) is 0 Å². The third-order valence-electron chi connectivity index (χ3n) is 5.03. The predicted octanol–water partition coefficient (Wildman–Crippen LogP) is 0.119. The van der Waals surface area contributed by atoms with Crippen LogP contribution < -0.4 is 0 Å². The summed E-state index contributed by atoms with van der Waals surface area (Å²) < 4.78 is 5.45. The van der Waals surface area contributed by atoms with Crippen molar-refractivity contribution in [3.63, 3.8) is 0 Å². The Hall–Kier alpha value is -0.650. The Bertz CT molecular complexity index is 360. The number of rotatable bonds is 4. The van der Waals surface area contributed by atoms with Gasteiger partial charge in [-0.1, -0.05) is 0 Å². The summed E-state index contributed by atoms with van der Waals surface area (Å²) in [5, 5.41) is 0. The highest BCUT2D eigenvalue weighted by molar-refractivity contribution is 5.77. The van der Waals surface area contributed by atoms with Crippen molar-refractivity contribution in [3.8, 4) is 0 Å². The summed E-state index contributed by atoms with van der Waals surface area (Å²) in [6, 6.07) is 0. The smallest absolute Gasteiger partial charge is 0.236 e. The predicted molar refractivity (Wildman–Crippen MR) is 77.6 cm³/mol. The highest BCUT2D eigenvalue weighted by Gasteiger charge is 2.47. The molecule has 0 aromatic rings. The zero-order chi connectivity index (χ0) is 14.2. The Balaban J connectivity index is 1.41. The lowest BCUT2D eigenvalue weighted by Gasteiger charge is -2.49. The standard InChI is InChI=1S/C15H27N3O2/c1-16(2)14(19)8-17-5-4-15(10-17)11-18(12-15)7-13-3-6-20-9-13/h13H,3-12H2,1-2H3/t13-/m1/s1. The van der Waals surface area contributed by atoms with E-state index >= 15 is 0 Å². The van der Waals surface area contributed by atoms with Crippen LogP contribution in [0.2, 0.25) is 0 Å². The Morgan fingerprint density at radius 3 is 2.70 bits per heavy atom. The molecule has 3 fully saturated rings. The van der Waals surface area contributed by atoms with Crippen molar-refractivity contribution in [2.45, 2.75) is 12.8 Å². The maximum Gasteiger partial charge on any atom is 0.236 e. The molecule has 20 heavy (non-hydrogen) atoms. The summed E-state index contributed by atoms with van der Waals surface area (Å²) in [5.74, 6) is 0.974. The highest BCUT2D eigenvalue weighted by Crippen LogP contribution is 2.40. The van der Waals surface area contributed by atoms with Gasteiger partial charge in [-0.3, -0.25) is 9.69 Å². The molecule has 1 spiro atoms. The molecule has 0 unspecified atom stereocenters. The van der Waals surface area contributed by atoms with Crippen molar-refractivity contribution in [1.29, 1.82) is 0 Å². The molecule has 5 nitrogen and oxygen atoms in total. The topological polar surface area (TPSA) is 36.0 Å². The maximum atomic E-state index is 11.8. The molecule has 0 bridgehead atoms. The molecule has 0 aliphatic carbocycles. The fraction of sp³-hybridized carbons (Fsp3) is 0.933. The number of carbonyl (C=O) groups excluding carboxylic acids is 1. The lowest BCUT2D eigenvalue weighted by Crippen LogP contribution is -2.58. The van der Waals surface area contributed by atoms with Gasteiger partial charge in [-0.15, -0.1) is 0 Å². The van der Waals surface area contributed by atoms with Gasteiger partial charge in [0.2, 0.25) is 5.91 Å². The molecule has 3 saturated heterocycles. The number of hydrogen-bond donors (Lipinski definition) is 0. The Morgan fingerprint density at radius 2 is 2.05 bits per heavy atom. The third kappa shape index (κ3) is 3.00. The Morgan fingerprint density at radius 1 is 1.30 bits per heavy atom. The SMILES string of the molecule is CN(C)C(=O)CN1CCC2(C1)CN(C[C@H]1CCOC1)C2. The molecule has 114 valence electrons. The quantitative estimate of drug-likeness (QED) is 0.733. The number of nitrogens with zero attached hydrogens (tertiary/aromatic N) is 3. The molecular formula is C15H27N3O2. The van der Waals surface area contributed by atoms with E-state index in [-0.39, 0.29) is 5.91 Å². The van der Waals surface area contributed by atoms with Gasteiger partial charge in [0, 0.05) is 52.3 Å². The fourth-order valence-corrected chi connectivity index (χ4v) is 3.88. The molecule has 3 aliphatic rings. The van der Waals surface area contributed by atoms with Gasteiger partial charge < -0.3 is 14.5 Å². The molecule has 0 radical (unpaired) electrons. The van der Waals surface area contributed by atoms with E-state index in [1.807, 2.05) is 14.1 Å². The van der Waals surface area contributed by atoms with Gasteiger partial charge in [0.25, 0.3) is 0 Å². The molecule has 1 amide bonds. The monoisotopic (exact) mass is 281 g/mol.